The predicted molar refractivity (Wildman–Crippen MR) is 105 cm³/mol. The molecule has 0 radical (unpaired) electrons. The smallest absolute Gasteiger partial charge is 0.226 e. The Bertz CT molecular complexity index is 729. The summed E-state index contributed by atoms with van der Waals surface area (Å²) in [6.45, 7) is 3.88. The van der Waals surface area contributed by atoms with Crippen molar-refractivity contribution in [1.82, 2.24) is 0 Å². The second-order valence-corrected chi connectivity index (χ2v) is 6.35. The normalized spacial score (nSPS) is 10.5. The Morgan fingerprint density at radius 1 is 1.00 bits per heavy atom. The fourth-order valence-electron chi connectivity index (χ4n) is 2.50. The van der Waals surface area contributed by atoms with Crippen molar-refractivity contribution in [2.45, 2.75) is 39.2 Å². The van der Waals surface area contributed by atoms with Gasteiger partial charge in [0.1, 0.15) is 5.75 Å². The standard InChI is InChI=1S/C21H26N2O3/c1-16(2)26-19-13-8-7-12-18(19)22-20(24)14-9-15-21(25)23(3)17-10-5-4-6-11-17/h4-8,10-13,16H,9,14-15H2,1-3H3,(H,22,24). The number of carbonyl (C=O) groups excluding carboxylic acids is 2. The average Bonchev–Trinajstić information content (AvgIpc) is 2.63. The van der Waals surface area contributed by atoms with Crippen LogP contribution >= 0.6 is 0 Å². The van der Waals surface area contributed by atoms with Crippen LogP contribution < -0.4 is 15.0 Å². The molecule has 0 aromatic heterocycles. The molecule has 138 valence electrons. The van der Waals surface area contributed by atoms with E-state index < -0.39 is 0 Å². The highest BCUT2D eigenvalue weighted by Crippen LogP contribution is 2.25. The molecule has 0 fully saturated rings. The first kappa shape index (κ1) is 19.5. The molecule has 5 heteroatoms. The van der Waals surface area contributed by atoms with Crippen LogP contribution in [-0.2, 0) is 9.59 Å². The van der Waals surface area contributed by atoms with E-state index in [-0.39, 0.29) is 24.3 Å². The lowest BCUT2D eigenvalue weighted by Gasteiger charge is -2.17. The Morgan fingerprint density at radius 3 is 2.35 bits per heavy atom. The number of hydrogen-bond acceptors (Lipinski definition) is 3. The summed E-state index contributed by atoms with van der Waals surface area (Å²) < 4.78 is 5.69. The Kier molecular flexibility index (Phi) is 7.21. The van der Waals surface area contributed by atoms with Gasteiger partial charge in [-0.3, -0.25) is 9.59 Å². The van der Waals surface area contributed by atoms with Crippen LogP contribution in [0.15, 0.2) is 54.6 Å². The molecule has 1 N–H and O–H groups in total. The molecule has 26 heavy (non-hydrogen) atoms. The van der Waals surface area contributed by atoms with Gasteiger partial charge in [0.25, 0.3) is 0 Å². The number of benzene rings is 2. The lowest BCUT2D eigenvalue weighted by molar-refractivity contribution is -0.118. The largest absolute Gasteiger partial charge is 0.489 e. The van der Waals surface area contributed by atoms with E-state index in [0.717, 1.165) is 5.69 Å². The molecular weight excluding hydrogens is 328 g/mol. The molecular formula is C21H26N2O3. The van der Waals surface area contributed by atoms with Crippen molar-refractivity contribution >= 4 is 23.2 Å². The van der Waals surface area contributed by atoms with Gasteiger partial charge in [0, 0.05) is 25.6 Å². The molecule has 0 saturated heterocycles. The van der Waals surface area contributed by atoms with Crippen LogP contribution in [0, 0.1) is 0 Å². The van der Waals surface area contributed by atoms with Gasteiger partial charge >= 0.3 is 0 Å². The summed E-state index contributed by atoms with van der Waals surface area (Å²) in [5, 5.41) is 2.86. The Labute approximate surface area is 155 Å². The molecule has 0 saturated carbocycles. The zero-order valence-electron chi connectivity index (χ0n) is 15.6. The first-order valence-electron chi connectivity index (χ1n) is 8.84. The van der Waals surface area contributed by atoms with Crippen molar-refractivity contribution in [1.29, 1.82) is 0 Å². The van der Waals surface area contributed by atoms with Gasteiger partial charge in [-0.25, -0.2) is 0 Å². The van der Waals surface area contributed by atoms with Gasteiger partial charge < -0.3 is 15.0 Å². The molecule has 0 aliphatic carbocycles. The lowest BCUT2D eigenvalue weighted by atomic mass is 10.2. The van der Waals surface area contributed by atoms with Crippen molar-refractivity contribution in [2.24, 2.45) is 0 Å². The maximum Gasteiger partial charge on any atom is 0.226 e. The molecule has 2 rings (SSSR count). The van der Waals surface area contributed by atoms with Crippen molar-refractivity contribution in [2.75, 3.05) is 17.3 Å². The van der Waals surface area contributed by atoms with Crippen molar-refractivity contribution in [3.63, 3.8) is 0 Å². The molecule has 0 unspecified atom stereocenters. The minimum atomic E-state index is -0.125. The summed E-state index contributed by atoms with van der Waals surface area (Å²) in [7, 11) is 1.75. The maximum absolute atomic E-state index is 12.2. The SMILES string of the molecule is CC(C)Oc1ccccc1NC(=O)CCCC(=O)N(C)c1ccccc1. The van der Waals surface area contributed by atoms with E-state index in [1.165, 1.54) is 0 Å². The molecule has 0 aliphatic heterocycles. The van der Waals surface area contributed by atoms with E-state index in [1.807, 2.05) is 68.4 Å². The molecule has 0 bridgehead atoms. The Morgan fingerprint density at radius 2 is 1.65 bits per heavy atom. The predicted octanol–water partition coefficient (Wildman–Crippen LogP) is 4.25. The number of para-hydroxylation sites is 3. The average molecular weight is 354 g/mol. The van der Waals surface area contributed by atoms with Gasteiger partial charge in [0.2, 0.25) is 11.8 Å². The molecule has 2 amide bonds. The summed E-state index contributed by atoms with van der Waals surface area (Å²) in [6, 6.07) is 16.8. The van der Waals surface area contributed by atoms with Crippen LogP contribution in [0.1, 0.15) is 33.1 Å². The van der Waals surface area contributed by atoms with E-state index in [4.69, 9.17) is 4.74 Å². The third-order valence-electron chi connectivity index (χ3n) is 3.84. The van der Waals surface area contributed by atoms with E-state index in [9.17, 15) is 9.59 Å². The second-order valence-electron chi connectivity index (χ2n) is 6.35. The minimum Gasteiger partial charge on any atom is -0.489 e. The minimum absolute atomic E-state index is 0.00691. The van der Waals surface area contributed by atoms with Crippen LogP contribution in [0.25, 0.3) is 0 Å². The third kappa shape index (κ3) is 5.92. The summed E-state index contributed by atoms with van der Waals surface area (Å²) in [5.41, 5.74) is 1.50. The number of carbonyl (C=O) groups is 2. The number of nitrogens with one attached hydrogen (secondary N) is 1. The fraction of sp³-hybridized carbons (Fsp3) is 0.333. The number of hydrogen-bond donors (Lipinski definition) is 1. The number of amides is 2. The zero-order valence-corrected chi connectivity index (χ0v) is 15.6. The van der Waals surface area contributed by atoms with E-state index in [1.54, 1.807) is 11.9 Å². The topological polar surface area (TPSA) is 58.6 Å². The molecule has 2 aromatic rings. The van der Waals surface area contributed by atoms with Gasteiger partial charge in [0.05, 0.1) is 11.8 Å². The molecule has 5 nitrogen and oxygen atoms in total. The molecule has 0 spiro atoms. The molecule has 0 heterocycles. The quantitative estimate of drug-likeness (QED) is 0.771. The monoisotopic (exact) mass is 354 g/mol. The summed E-state index contributed by atoms with van der Waals surface area (Å²) in [5.74, 6) is 0.517. The highest BCUT2D eigenvalue weighted by Gasteiger charge is 2.13. The highest BCUT2D eigenvalue weighted by molar-refractivity contribution is 5.94. The van der Waals surface area contributed by atoms with Gasteiger partial charge in [-0.1, -0.05) is 30.3 Å². The zero-order chi connectivity index (χ0) is 18.9. The van der Waals surface area contributed by atoms with Gasteiger partial charge in [0.15, 0.2) is 0 Å². The van der Waals surface area contributed by atoms with Gasteiger partial charge in [-0.15, -0.1) is 0 Å². The highest BCUT2D eigenvalue weighted by atomic mass is 16.5. The summed E-state index contributed by atoms with van der Waals surface area (Å²) in [4.78, 5) is 26.0. The molecule has 2 aromatic carbocycles. The number of anilines is 2. The molecule has 0 aliphatic rings. The van der Waals surface area contributed by atoms with E-state index >= 15 is 0 Å². The van der Waals surface area contributed by atoms with Crippen LogP contribution in [-0.4, -0.2) is 25.0 Å². The summed E-state index contributed by atoms with van der Waals surface area (Å²) in [6.07, 6.45) is 1.13. The summed E-state index contributed by atoms with van der Waals surface area (Å²) >= 11 is 0. The van der Waals surface area contributed by atoms with E-state index in [0.29, 0.717) is 24.3 Å². The lowest BCUT2D eigenvalue weighted by Crippen LogP contribution is -2.26. The van der Waals surface area contributed by atoms with Crippen molar-refractivity contribution < 1.29 is 14.3 Å². The fourth-order valence-corrected chi connectivity index (χ4v) is 2.50. The maximum atomic E-state index is 12.2. The van der Waals surface area contributed by atoms with Crippen molar-refractivity contribution in [3.8, 4) is 5.75 Å². The number of nitrogens with zero attached hydrogens (tertiary/aromatic N) is 1. The first-order valence-corrected chi connectivity index (χ1v) is 8.84. The van der Waals surface area contributed by atoms with Crippen molar-refractivity contribution in [3.05, 3.63) is 54.6 Å². The molecule has 0 atom stereocenters. The number of rotatable bonds is 8. The van der Waals surface area contributed by atoms with Crippen LogP contribution in [0.5, 0.6) is 5.75 Å². The van der Waals surface area contributed by atoms with Crippen LogP contribution in [0.3, 0.4) is 0 Å². The number of ether oxygens (including phenoxy) is 1. The van der Waals surface area contributed by atoms with Crippen LogP contribution in [0.4, 0.5) is 11.4 Å². The first-order chi connectivity index (χ1) is 12.5. The van der Waals surface area contributed by atoms with Crippen LogP contribution in [0.2, 0.25) is 0 Å². The Hall–Kier alpha value is -2.82. The second kappa shape index (κ2) is 9.61. The van der Waals surface area contributed by atoms with E-state index in [2.05, 4.69) is 5.32 Å². The van der Waals surface area contributed by atoms with Gasteiger partial charge in [-0.05, 0) is 44.5 Å². The van der Waals surface area contributed by atoms with Gasteiger partial charge in [-0.2, -0.15) is 0 Å². The Balaban J connectivity index is 1.81. The third-order valence-corrected chi connectivity index (χ3v) is 3.84.